The Labute approximate surface area is 188 Å². The van der Waals surface area contributed by atoms with Crippen LogP contribution in [0.5, 0.6) is 0 Å². The Morgan fingerprint density at radius 2 is 1.78 bits per heavy atom. The van der Waals surface area contributed by atoms with E-state index in [-0.39, 0.29) is 18.1 Å². The van der Waals surface area contributed by atoms with Gasteiger partial charge in [0.05, 0.1) is 16.4 Å². The molecule has 0 saturated carbocycles. The first-order valence-corrected chi connectivity index (χ1v) is 9.87. The highest BCUT2D eigenvalue weighted by Crippen LogP contribution is 2.34. The first kappa shape index (κ1) is 21.6. The first-order valence-electron chi connectivity index (χ1n) is 9.49. The number of pyridine rings is 1. The van der Waals surface area contributed by atoms with Gasteiger partial charge in [-0.25, -0.2) is 9.67 Å². The number of nitrogens with zero attached hydrogens (tertiary/aromatic N) is 3. The van der Waals surface area contributed by atoms with Gasteiger partial charge in [0.1, 0.15) is 5.82 Å². The van der Waals surface area contributed by atoms with Crippen LogP contribution in [-0.2, 0) is 6.18 Å². The second kappa shape index (κ2) is 8.47. The summed E-state index contributed by atoms with van der Waals surface area (Å²) in [6.45, 7) is 1.88. The Morgan fingerprint density at radius 1 is 1.06 bits per heavy atom. The van der Waals surface area contributed by atoms with Gasteiger partial charge in [-0.3, -0.25) is 4.79 Å². The van der Waals surface area contributed by atoms with Gasteiger partial charge in [0, 0.05) is 18.8 Å². The number of hydrogen-bond donors (Lipinski definition) is 1. The standard InChI is InChI=1S/C23H16ClF3N4O.H2/c1-14-6-11-21(28-13-14)29-22(32)16-9-7-15(8-10-16)19-12-20(23(25,26)27)30-31(19)18-5-3-2-4-17(18)24;/h2-13H,1H3,(H,28,29,32);1H. The van der Waals surface area contributed by atoms with Crippen molar-refractivity contribution in [3.8, 4) is 16.9 Å². The molecule has 0 unspecified atom stereocenters. The number of aromatic nitrogens is 3. The molecule has 4 aromatic rings. The molecule has 164 valence electrons. The molecule has 4 rings (SSSR count). The number of aryl methyl sites for hydroxylation is 1. The van der Waals surface area contributed by atoms with E-state index >= 15 is 0 Å². The summed E-state index contributed by atoms with van der Waals surface area (Å²) in [4.78, 5) is 16.6. The smallest absolute Gasteiger partial charge is 0.307 e. The molecule has 2 aromatic heterocycles. The van der Waals surface area contributed by atoms with E-state index in [0.29, 0.717) is 22.6 Å². The van der Waals surface area contributed by atoms with Crippen molar-refractivity contribution in [1.29, 1.82) is 0 Å². The van der Waals surface area contributed by atoms with E-state index < -0.39 is 11.9 Å². The molecule has 1 N–H and O–H groups in total. The van der Waals surface area contributed by atoms with Gasteiger partial charge < -0.3 is 5.32 Å². The monoisotopic (exact) mass is 458 g/mol. The van der Waals surface area contributed by atoms with Crippen LogP contribution >= 0.6 is 11.6 Å². The third-order valence-electron chi connectivity index (χ3n) is 4.68. The quantitative estimate of drug-likeness (QED) is 0.384. The van der Waals surface area contributed by atoms with Gasteiger partial charge >= 0.3 is 6.18 Å². The number of alkyl halides is 3. The van der Waals surface area contributed by atoms with Gasteiger partial charge in [0.15, 0.2) is 5.69 Å². The van der Waals surface area contributed by atoms with Crippen LogP contribution in [0.3, 0.4) is 0 Å². The molecule has 0 bridgehead atoms. The second-order valence-corrected chi connectivity index (χ2v) is 7.44. The number of para-hydroxylation sites is 1. The zero-order chi connectivity index (χ0) is 22.9. The molecular formula is C23H18ClF3N4O. The van der Waals surface area contributed by atoms with E-state index in [4.69, 9.17) is 11.6 Å². The van der Waals surface area contributed by atoms with Gasteiger partial charge in [-0.2, -0.15) is 18.3 Å². The van der Waals surface area contributed by atoms with Gasteiger partial charge in [-0.05, 0) is 48.9 Å². The number of benzene rings is 2. The maximum Gasteiger partial charge on any atom is 0.435 e. The number of nitrogens with one attached hydrogen (secondary N) is 1. The van der Waals surface area contributed by atoms with Crippen LogP contribution in [0, 0.1) is 6.92 Å². The minimum Gasteiger partial charge on any atom is -0.307 e. The average molecular weight is 459 g/mol. The third kappa shape index (κ3) is 4.50. The number of anilines is 1. The molecular weight excluding hydrogens is 441 g/mol. The number of hydrogen-bond acceptors (Lipinski definition) is 3. The van der Waals surface area contributed by atoms with Crippen molar-refractivity contribution < 1.29 is 19.4 Å². The topological polar surface area (TPSA) is 59.8 Å². The molecule has 1 amide bonds. The Kier molecular flexibility index (Phi) is 5.71. The fraction of sp³-hybridized carbons (Fsp3) is 0.0870. The first-order chi connectivity index (χ1) is 15.2. The molecule has 0 radical (unpaired) electrons. The molecule has 2 heterocycles. The van der Waals surface area contributed by atoms with E-state index in [1.165, 1.54) is 12.1 Å². The number of halogens is 4. The summed E-state index contributed by atoms with van der Waals surface area (Å²) in [5, 5.41) is 6.67. The van der Waals surface area contributed by atoms with Crippen molar-refractivity contribution >= 4 is 23.3 Å². The van der Waals surface area contributed by atoms with Crippen molar-refractivity contribution in [2.75, 3.05) is 5.32 Å². The van der Waals surface area contributed by atoms with Gasteiger partial charge in [-0.1, -0.05) is 41.9 Å². The fourth-order valence-corrected chi connectivity index (χ4v) is 3.27. The van der Waals surface area contributed by atoms with Crippen molar-refractivity contribution in [2.24, 2.45) is 0 Å². The number of carbonyl (C=O) groups excluding carboxylic acids is 1. The summed E-state index contributed by atoms with van der Waals surface area (Å²) >= 11 is 6.19. The highest BCUT2D eigenvalue weighted by Gasteiger charge is 2.35. The van der Waals surface area contributed by atoms with E-state index in [9.17, 15) is 18.0 Å². The van der Waals surface area contributed by atoms with Crippen LogP contribution in [0.25, 0.3) is 16.9 Å². The summed E-state index contributed by atoms with van der Waals surface area (Å²) in [6, 6.07) is 17.1. The van der Waals surface area contributed by atoms with E-state index in [2.05, 4.69) is 15.4 Å². The largest absolute Gasteiger partial charge is 0.435 e. The third-order valence-corrected chi connectivity index (χ3v) is 5.00. The summed E-state index contributed by atoms with van der Waals surface area (Å²) in [7, 11) is 0. The molecule has 0 aliphatic heterocycles. The Hall–Kier alpha value is -3.65. The molecule has 2 aromatic carbocycles. The molecule has 5 nitrogen and oxygen atoms in total. The lowest BCUT2D eigenvalue weighted by Gasteiger charge is -2.10. The molecule has 0 atom stereocenters. The maximum absolute atomic E-state index is 13.3. The van der Waals surface area contributed by atoms with E-state index in [1.54, 1.807) is 48.7 Å². The van der Waals surface area contributed by atoms with Crippen LogP contribution in [0.1, 0.15) is 23.0 Å². The molecule has 9 heteroatoms. The van der Waals surface area contributed by atoms with Gasteiger partial charge in [0.25, 0.3) is 5.91 Å². The van der Waals surface area contributed by atoms with E-state index in [1.807, 2.05) is 13.0 Å². The zero-order valence-electron chi connectivity index (χ0n) is 16.7. The lowest BCUT2D eigenvalue weighted by atomic mass is 10.1. The molecule has 0 saturated heterocycles. The molecule has 0 aliphatic carbocycles. The molecule has 0 aliphatic rings. The zero-order valence-corrected chi connectivity index (χ0v) is 17.4. The summed E-state index contributed by atoms with van der Waals surface area (Å²) in [5.74, 6) is 0.0137. The SMILES string of the molecule is Cc1ccc(NC(=O)c2ccc(-c3cc(C(F)(F)F)nn3-c3ccccc3Cl)cc2)nc1.[HH]. The number of rotatable bonds is 4. The minimum atomic E-state index is -4.62. The van der Waals surface area contributed by atoms with Crippen molar-refractivity contribution in [1.82, 2.24) is 14.8 Å². The second-order valence-electron chi connectivity index (χ2n) is 7.03. The van der Waals surface area contributed by atoms with Crippen LogP contribution in [-0.4, -0.2) is 20.7 Å². The van der Waals surface area contributed by atoms with Crippen molar-refractivity contribution in [3.63, 3.8) is 0 Å². The number of carbonyl (C=O) groups is 1. The predicted molar refractivity (Wildman–Crippen MR) is 118 cm³/mol. The van der Waals surface area contributed by atoms with Crippen LogP contribution in [0.4, 0.5) is 19.0 Å². The minimum absolute atomic E-state index is 0. The molecule has 32 heavy (non-hydrogen) atoms. The highest BCUT2D eigenvalue weighted by molar-refractivity contribution is 6.32. The Morgan fingerprint density at radius 3 is 2.41 bits per heavy atom. The fourth-order valence-electron chi connectivity index (χ4n) is 3.05. The van der Waals surface area contributed by atoms with Crippen molar-refractivity contribution in [3.05, 3.63) is 94.8 Å². The Bertz CT molecular complexity index is 1270. The Balaban J connectivity index is 0.00000306. The van der Waals surface area contributed by atoms with Gasteiger partial charge in [-0.15, -0.1) is 0 Å². The van der Waals surface area contributed by atoms with Crippen LogP contribution < -0.4 is 5.32 Å². The summed E-state index contributed by atoms with van der Waals surface area (Å²) < 4.78 is 41.2. The predicted octanol–water partition coefficient (Wildman–Crippen LogP) is 6.41. The van der Waals surface area contributed by atoms with Crippen LogP contribution in [0.2, 0.25) is 5.02 Å². The molecule has 0 fully saturated rings. The summed E-state index contributed by atoms with van der Waals surface area (Å²) in [6.07, 6.45) is -2.99. The number of amides is 1. The van der Waals surface area contributed by atoms with Gasteiger partial charge in [0.2, 0.25) is 0 Å². The van der Waals surface area contributed by atoms with Crippen molar-refractivity contribution in [2.45, 2.75) is 13.1 Å². The average Bonchev–Trinajstić information content (AvgIpc) is 3.21. The van der Waals surface area contributed by atoms with E-state index in [0.717, 1.165) is 16.3 Å². The summed E-state index contributed by atoms with van der Waals surface area (Å²) in [5.41, 5.74) is 1.19. The van der Waals surface area contributed by atoms with Crippen LogP contribution in [0.15, 0.2) is 72.9 Å². The lowest BCUT2D eigenvalue weighted by molar-refractivity contribution is -0.141. The maximum atomic E-state index is 13.3. The molecule has 0 spiro atoms. The lowest BCUT2D eigenvalue weighted by Crippen LogP contribution is -2.12. The highest BCUT2D eigenvalue weighted by atomic mass is 35.5. The normalized spacial score (nSPS) is 11.4.